The molecule has 0 bridgehead atoms. The van der Waals surface area contributed by atoms with E-state index < -0.39 is 17.9 Å². The van der Waals surface area contributed by atoms with Crippen LogP contribution in [0.2, 0.25) is 0 Å². The summed E-state index contributed by atoms with van der Waals surface area (Å²) < 4.78 is 13.1. The molecule has 31 heavy (non-hydrogen) atoms. The first kappa shape index (κ1) is 22.5. The van der Waals surface area contributed by atoms with Gasteiger partial charge in [-0.1, -0.05) is 45.0 Å². The minimum atomic E-state index is -0.728. The first-order valence-corrected chi connectivity index (χ1v) is 10.5. The Balaban J connectivity index is 1.65. The van der Waals surface area contributed by atoms with Crippen molar-refractivity contribution >= 4 is 23.4 Å². The fourth-order valence-electron chi connectivity index (χ4n) is 3.67. The Labute approximate surface area is 182 Å². The van der Waals surface area contributed by atoms with Crippen LogP contribution in [0.5, 0.6) is 0 Å². The van der Waals surface area contributed by atoms with Crippen LogP contribution in [-0.2, 0) is 20.9 Å². The van der Waals surface area contributed by atoms with Gasteiger partial charge in [-0.2, -0.15) is 0 Å². The highest BCUT2D eigenvalue weighted by Gasteiger charge is 2.38. The molecule has 1 saturated heterocycles. The number of nitrogens with zero attached hydrogens (tertiary/aromatic N) is 2. The van der Waals surface area contributed by atoms with Gasteiger partial charge in [0, 0.05) is 25.3 Å². The van der Waals surface area contributed by atoms with Crippen LogP contribution < -0.4 is 5.32 Å². The maximum atomic E-state index is 13.1. The molecule has 3 rings (SSSR count). The van der Waals surface area contributed by atoms with Crippen molar-refractivity contribution in [2.45, 2.75) is 45.7 Å². The van der Waals surface area contributed by atoms with Crippen LogP contribution in [0.25, 0.3) is 0 Å². The summed E-state index contributed by atoms with van der Waals surface area (Å²) in [5, 5.41) is 2.85. The summed E-state index contributed by atoms with van der Waals surface area (Å²) in [6.07, 6.45) is 0.396. The van der Waals surface area contributed by atoms with E-state index in [4.69, 9.17) is 0 Å². The lowest BCUT2D eigenvalue weighted by molar-refractivity contribution is -0.159. The molecule has 0 saturated carbocycles. The number of hydrogen-bond acceptors (Lipinski definition) is 3. The Kier molecular flexibility index (Phi) is 7.05. The molecule has 0 aromatic heterocycles. The molecule has 1 N–H and O–H groups in total. The van der Waals surface area contributed by atoms with Crippen molar-refractivity contribution in [1.82, 2.24) is 9.80 Å². The van der Waals surface area contributed by atoms with Gasteiger partial charge in [0.1, 0.15) is 11.9 Å². The van der Waals surface area contributed by atoms with E-state index in [1.807, 2.05) is 31.2 Å². The van der Waals surface area contributed by atoms with Crippen LogP contribution in [0, 0.1) is 5.82 Å². The third-order valence-electron chi connectivity index (χ3n) is 5.54. The molecule has 164 valence electrons. The topological polar surface area (TPSA) is 69.7 Å². The minimum absolute atomic E-state index is 0.226. The fraction of sp³-hybridized carbons (Fsp3) is 0.375. The normalized spacial score (nSPS) is 15.4. The monoisotopic (exact) mass is 425 g/mol. The average molecular weight is 426 g/mol. The lowest BCUT2D eigenvalue weighted by Gasteiger charge is -2.37. The second kappa shape index (κ2) is 9.73. The fourth-order valence-corrected chi connectivity index (χ4v) is 3.67. The summed E-state index contributed by atoms with van der Waals surface area (Å²) in [6.45, 7) is 6.82. The number of rotatable bonds is 7. The predicted molar refractivity (Wildman–Crippen MR) is 117 cm³/mol. The maximum absolute atomic E-state index is 13.1. The highest BCUT2D eigenvalue weighted by Crippen LogP contribution is 2.19. The number of hydrogen-bond donors (Lipinski definition) is 1. The van der Waals surface area contributed by atoms with Crippen LogP contribution in [0.4, 0.5) is 10.1 Å². The minimum Gasteiger partial charge on any atom is -0.328 e. The molecule has 1 aliphatic heterocycles. The van der Waals surface area contributed by atoms with Gasteiger partial charge < -0.3 is 15.1 Å². The van der Waals surface area contributed by atoms with Gasteiger partial charge in [0.15, 0.2) is 0 Å². The molecule has 0 radical (unpaired) electrons. The molecule has 0 aliphatic carbocycles. The Morgan fingerprint density at radius 2 is 1.65 bits per heavy atom. The quantitative estimate of drug-likeness (QED) is 0.690. The van der Waals surface area contributed by atoms with Crippen LogP contribution in [0.1, 0.15) is 44.2 Å². The molecule has 2 aromatic carbocycles. The number of nitrogens with one attached hydrogen (secondary N) is 1. The van der Waals surface area contributed by atoms with Crippen molar-refractivity contribution in [3.8, 4) is 0 Å². The third-order valence-corrected chi connectivity index (χ3v) is 5.54. The van der Waals surface area contributed by atoms with E-state index in [1.165, 1.54) is 27.5 Å². The van der Waals surface area contributed by atoms with Gasteiger partial charge in [-0.15, -0.1) is 0 Å². The summed E-state index contributed by atoms with van der Waals surface area (Å²) in [7, 11) is 0. The molecular formula is C24H28FN3O3. The molecule has 1 heterocycles. The summed E-state index contributed by atoms with van der Waals surface area (Å²) in [5.41, 5.74) is 2.57. The highest BCUT2D eigenvalue weighted by atomic mass is 19.1. The number of halogens is 1. The third kappa shape index (κ3) is 5.29. The molecular weight excluding hydrogens is 397 g/mol. The van der Waals surface area contributed by atoms with Crippen molar-refractivity contribution in [1.29, 1.82) is 0 Å². The smallest absolute Gasteiger partial charge is 0.312 e. The highest BCUT2D eigenvalue weighted by molar-refractivity contribution is 6.35. The number of benzene rings is 2. The van der Waals surface area contributed by atoms with Crippen molar-refractivity contribution in [3.63, 3.8) is 0 Å². The van der Waals surface area contributed by atoms with Crippen molar-refractivity contribution in [3.05, 3.63) is 65.5 Å². The van der Waals surface area contributed by atoms with Crippen LogP contribution in [0.15, 0.2) is 48.5 Å². The van der Waals surface area contributed by atoms with Crippen molar-refractivity contribution < 1.29 is 18.8 Å². The van der Waals surface area contributed by atoms with Crippen LogP contribution >= 0.6 is 0 Å². The Morgan fingerprint density at radius 1 is 1.00 bits per heavy atom. The van der Waals surface area contributed by atoms with Gasteiger partial charge in [0.2, 0.25) is 5.91 Å². The van der Waals surface area contributed by atoms with Crippen molar-refractivity contribution in [2.24, 2.45) is 0 Å². The number of carbonyl (C=O) groups is 3. The summed E-state index contributed by atoms with van der Waals surface area (Å²) in [4.78, 5) is 41.0. The summed E-state index contributed by atoms with van der Waals surface area (Å²) in [6, 6.07) is 12.7. The molecule has 1 atom stereocenters. The zero-order chi connectivity index (χ0) is 22.5. The molecule has 0 spiro atoms. The van der Waals surface area contributed by atoms with E-state index >= 15 is 0 Å². The second-order valence-corrected chi connectivity index (χ2v) is 8.04. The van der Waals surface area contributed by atoms with Crippen LogP contribution in [-0.4, -0.2) is 46.7 Å². The number of amides is 3. The zero-order valence-corrected chi connectivity index (χ0v) is 18.1. The molecule has 7 heteroatoms. The Morgan fingerprint density at radius 3 is 2.23 bits per heavy atom. The van der Waals surface area contributed by atoms with E-state index in [1.54, 1.807) is 12.1 Å². The second-order valence-electron chi connectivity index (χ2n) is 8.04. The number of carbonyl (C=O) groups excluding carboxylic acids is 3. The van der Waals surface area contributed by atoms with Crippen molar-refractivity contribution in [2.75, 3.05) is 18.4 Å². The van der Waals surface area contributed by atoms with Crippen LogP contribution in [0.3, 0.4) is 0 Å². The summed E-state index contributed by atoms with van der Waals surface area (Å²) >= 11 is 0. The first-order valence-electron chi connectivity index (χ1n) is 10.5. The molecule has 6 nitrogen and oxygen atoms in total. The molecule has 2 aromatic rings. The lowest BCUT2D eigenvalue weighted by atomic mass is 10.0. The predicted octanol–water partition coefficient (Wildman–Crippen LogP) is 3.54. The van der Waals surface area contributed by atoms with E-state index in [0.717, 1.165) is 5.56 Å². The average Bonchev–Trinajstić information content (AvgIpc) is 2.75. The number of piperazine rings is 1. The van der Waals surface area contributed by atoms with Gasteiger partial charge in [0.05, 0.1) is 0 Å². The lowest BCUT2D eigenvalue weighted by Crippen LogP contribution is -2.59. The molecule has 1 aliphatic rings. The van der Waals surface area contributed by atoms with E-state index in [0.29, 0.717) is 24.6 Å². The van der Waals surface area contributed by atoms with E-state index in [9.17, 15) is 18.8 Å². The Bertz CT molecular complexity index is 942. The molecule has 3 amide bonds. The van der Waals surface area contributed by atoms with Gasteiger partial charge in [-0.05, 0) is 47.7 Å². The standard InChI is InChI=1S/C24H28FN3O3/c1-4-21(22(29)26-20-11-7-18(8-12-20)16(2)3)28-14-13-27(23(30)24(28)31)15-17-5-9-19(25)10-6-17/h5-12,16,21H,4,13-15H2,1-3H3,(H,26,29). The van der Waals surface area contributed by atoms with Gasteiger partial charge >= 0.3 is 11.8 Å². The van der Waals surface area contributed by atoms with E-state index in [-0.39, 0.29) is 24.8 Å². The molecule has 1 fully saturated rings. The SMILES string of the molecule is CCC(C(=O)Nc1ccc(C(C)C)cc1)N1CCN(Cc2ccc(F)cc2)C(=O)C1=O. The first-order chi connectivity index (χ1) is 14.8. The molecule has 1 unspecified atom stereocenters. The van der Waals surface area contributed by atoms with E-state index in [2.05, 4.69) is 19.2 Å². The van der Waals surface area contributed by atoms with Gasteiger partial charge in [-0.3, -0.25) is 14.4 Å². The number of anilines is 1. The zero-order valence-electron chi connectivity index (χ0n) is 18.1. The Hall–Kier alpha value is -3.22. The maximum Gasteiger partial charge on any atom is 0.312 e. The largest absolute Gasteiger partial charge is 0.328 e. The summed E-state index contributed by atoms with van der Waals surface area (Å²) in [5.74, 6) is -1.61. The van der Waals surface area contributed by atoms with Gasteiger partial charge in [0.25, 0.3) is 0 Å². The van der Waals surface area contributed by atoms with Gasteiger partial charge in [-0.25, -0.2) is 4.39 Å².